The van der Waals surface area contributed by atoms with Gasteiger partial charge in [0.25, 0.3) is 0 Å². The van der Waals surface area contributed by atoms with Gasteiger partial charge in [-0.3, -0.25) is 4.99 Å². The Balaban J connectivity index is 0.00000312. The lowest BCUT2D eigenvalue weighted by molar-refractivity contribution is 0.428. The first kappa shape index (κ1) is 21.4. The Morgan fingerprint density at radius 1 is 1.12 bits per heavy atom. The molecule has 0 spiro atoms. The summed E-state index contributed by atoms with van der Waals surface area (Å²) in [4.78, 5) is 8.70. The normalized spacial score (nSPS) is 11.8. The van der Waals surface area contributed by atoms with Gasteiger partial charge in [-0.25, -0.2) is 4.98 Å². The van der Waals surface area contributed by atoms with Crippen molar-refractivity contribution in [1.82, 2.24) is 20.9 Å². The van der Waals surface area contributed by atoms with Crippen LogP contribution in [-0.4, -0.2) is 36.6 Å². The number of hydrogen-bond donors (Lipinski definition) is 3. The predicted molar refractivity (Wildman–Crippen MR) is 113 cm³/mol. The van der Waals surface area contributed by atoms with Crippen LogP contribution in [0.25, 0.3) is 11.5 Å². The number of halogens is 1. The lowest BCUT2D eigenvalue weighted by Gasteiger charge is -2.21. The molecule has 1 aromatic heterocycles. The summed E-state index contributed by atoms with van der Waals surface area (Å²) in [5.74, 6) is 1.37. The highest BCUT2D eigenvalue weighted by molar-refractivity contribution is 14.0. The molecule has 1 heterocycles. The molecule has 3 N–H and O–H groups in total. The van der Waals surface area contributed by atoms with E-state index in [1.807, 2.05) is 30.3 Å². The van der Waals surface area contributed by atoms with Gasteiger partial charge >= 0.3 is 0 Å². The Labute approximate surface area is 166 Å². The molecule has 0 aliphatic heterocycles. The van der Waals surface area contributed by atoms with Crippen LogP contribution in [0.15, 0.2) is 46.0 Å². The van der Waals surface area contributed by atoms with Gasteiger partial charge < -0.3 is 20.4 Å². The second-order valence-corrected chi connectivity index (χ2v) is 6.54. The van der Waals surface area contributed by atoms with Crippen molar-refractivity contribution < 1.29 is 4.42 Å². The van der Waals surface area contributed by atoms with E-state index in [0.29, 0.717) is 12.4 Å². The van der Waals surface area contributed by atoms with Crippen LogP contribution in [-0.2, 0) is 6.54 Å². The summed E-state index contributed by atoms with van der Waals surface area (Å²) in [6, 6.07) is 9.86. The molecule has 0 radical (unpaired) electrons. The quantitative estimate of drug-likeness (QED) is 0.269. The van der Waals surface area contributed by atoms with E-state index >= 15 is 0 Å². The highest BCUT2D eigenvalue weighted by Gasteiger charge is 2.08. The summed E-state index contributed by atoms with van der Waals surface area (Å²) in [6.07, 6.45) is 1.67. The van der Waals surface area contributed by atoms with Crippen molar-refractivity contribution in [3.63, 3.8) is 0 Å². The number of aliphatic imine (C=N–C) groups is 1. The number of hydrogen-bond acceptors (Lipinski definition) is 4. The van der Waals surface area contributed by atoms with Crippen molar-refractivity contribution in [3.8, 4) is 11.5 Å². The molecule has 0 amide bonds. The summed E-state index contributed by atoms with van der Waals surface area (Å²) in [6.45, 7) is 8.67. The van der Waals surface area contributed by atoms with Crippen molar-refractivity contribution >= 4 is 29.9 Å². The molecule has 2 rings (SSSR count). The number of nitrogens with zero attached hydrogens (tertiary/aromatic N) is 2. The average molecular weight is 457 g/mol. The highest BCUT2D eigenvalue weighted by Crippen LogP contribution is 2.17. The molecular weight excluding hydrogens is 429 g/mol. The maximum atomic E-state index is 5.53. The molecule has 0 aliphatic carbocycles. The number of rotatable bonds is 6. The van der Waals surface area contributed by atoms with Gasteiger partial charge in [-0.05, 0) is 32.9 Å². The lowest BCUT2D eigenvalue weighted by Crippen LogP contribution is -2.44. The first-order valence-electron chi connectivity index (χ1n) is 8.17. The molecule has 7 heteroatoms. The van der Waals surface area contributed by atoms with Crippen LogP contribution in [0, 0.1) is 0 Å². The number of nitrogens with one attached hydrogen (secondary N) is 3. The Kier molecular flexibility index (Phi) is 8.91. The Bertz CT molecular complexity index is 649. The maximum Gasteiger partial charge on any atom is 0.226 e. The summed E-state index contributed by atoms with van der Waals surface area (Å²) in [7, 11) is 1.75. The fourth-order valence-corrected chi connectivity index (χ4v) is 2.11. The maximum absolute atomic E-state index is 5.53. The van der Waals surface area contributed by atoms with E-state index in [2.05, 4.69) is 46.7 Å². The van der Waals surface area contributed by atoms with Crippen molar-refractivity contribution in [3.05, 3.63) is 42.3 Å². The Hall–Kier alpha value is -1.61. The zero-order valence-corrected chi connectivity index (χ0v) is 17.6. The predicted octanol–water partition coefficient (Wildman–Crippen LogP) is 3.01. The van der Waals surface area contributed by atoms with Gasteiger partial charge in [0.2, 0.25) is 5.89 Å². The SMILES string of the molecule is CN=C(NCCNC(C)(C)C)NCc1coc(-c2ccccc2)n1.I. The molecule has 0 atom stereocenters. The van der Waals surface area contributed by atoms with Crippen molar-refractivity contribution in [2.45, 2.75) is 32.9 Å². The van der Waals surface area contributed by atoms with Crippen LogP contribution in [0.3, 0.4) is 0 Å². The van der Waals surface area contributed by atoms with Crippen LogP contribution in [0.2, 0.25) is 0 Å². The fraction of sp³-hybridized carbons (Fsp3) is 0.444. The zero-order chi connectivity index (χ0) is 17.4. The van der Waals surface area contributed by atoms with Gasteiger partial charge in [0, 0.05) is 31.2 Å². The number of aromatic nitrogens is 1. The molecule has 0 saturated carbocycles. The van der Waals surface area contributed by atoms with E-state index in [4.69, 9.17) is 4.42 Å². The molecule has 0 saturated heterocycles. The molecule has 1 aromatic carbocycles. The highest BCUT2D eigenvalue weighted by atomic mass is 127. The molecule has 138 valence electrons. The molecule has 0 unspecified atom stereocenters. The van der Waals surface area contributed by atoms with Crippen molar-refractivity contribution in [1.29, 1.82) is 0 Å². The zero-order valence-electron chi connectivity index (χ0n) is 15.3. The minimum atomic E-state index is 0. The summed E-state index contributed by atoms with van der Waals surface area (Å²) in [5, 5.41) is 9.93. The minimum absolute atomic E-state index is 0. The lowest BCUT2D eigenvalue weighted by atomic mass is 10.1. The van der Waals surface area contributed by atoms with Gasteiger partial charge in [0.05, 0.1) is 12.2 Å². The van der Waals surface area contributed by atoms with E-state index in [-0.39, 0.29) is 29.5 Å². The summed E-state index contributed by atoms with van der Waals surface area (Å²) < 4.78 is 5.53. The molecule has 2 aromatic rings. The summed E-state index contributed by atoms with van der Waals surface area (Å²) in [5.41, 5.74) is 1.93. The standard InChI is InChI=1S/C18H27N5O.HI/c1-18(2,3)22-11-10-20-17(19-4)21-12-15-13-24-16(23-15)14-8-6-5-7-9-14;/h5-9,13,22H,10-12H2,1-4H3,(H2,19,20,21);1H. The third-order valence-corrected chi connectivity index (χ3v) is 3.31. The first-order chi connectivity index (χ1) is 11.5. The molecule has 0 aliphatic rings. The molecule has 25 heavy (non-hydrogen) atoms. The fourth-order valence-electron chi connectivity index (χ4n) is 2.11. The van der Waals surface area contributed by atoms with Gasteiger partial charge in [-0.2, -0.15) is 0 Å². The van der Waals surface area contributed by atoms with Crippen LogP contribution in [0.5, 0.6) is 0 Å². The van der Waals surface area contributed by atoms with Crippen LogP contribution < -0.4 is 16.0 Å². The third kappa shape index (κ3) is 7.87. The van der Waals surface area contributed by atoms with Crippen molar-refractivity contribution in [2.24, 2.45) is 4.99 Å². The van der Waals surface area contributed by atoms with Crippen LogP contribution in [0.4, 0.5) is 0 Å². The van der Waals surface area contributed by atoms with E-state index in [1.54, 1.807) is 13.3 Å². The van der Waals surface area contributed by atoms with E-state index < -0.39 is 0 Å². The second-order valence-electron chi connectivity index (χ2n) is 6.54. The minimum Gasteiger partial charge on any atom is -0.444 e. The van der Waals surface area contributed by atoms with Gasteiger partial charge in [0.1, 0.15) is 6.26 Å². The molecule has 0 bridgehead atoms. The van der Waals surface area contributed by atoms with E-state index in [9.17, 15) is 0 Å². The molecular formula is C18H28IN5O. The molecule has 0 fully saturated rings. The van der Waals surface area contributed by atoms with Gasteiger partial charge in [-0.15, -0.1) is 24.0 Å². The second kappa shape index (κ2) is 10.4. The van der Waals surface area contributed by atoms with E-state index in [0.717, 1.165) is 30.3 Å². The average Bonchev–Trinajstić information content (AvgIpc) is 3.03. The first-order valence-corrected chi connectivity index (χ1v) is 8.17. The Morgan fingerprint density at radius 2 is 1.84 bits per heavy atom. The van der Waals surface area contributed by atoms with E-state index in [1.165, 1.54) is 0 Å². The molecule has 6 nitrogen and oxygen atoms in total. The van der Waals surface area contributed by atoms with Crippen molar-refractivity contribution in [2.75, 3.05) is 20.1 Å². The topological polar surface area (TPSA) is 74.5 Å². The smallest absolute Gasteiger partial charge is 0.226 e. The van der Waals surface area contributed by atoms with Crippen LogP contribution >= 0.6 is 24.0 Å². The Morgan fingerprint density at radius 3 is 2.48 bits per heavy atom. The number of oxazole rings is 1. The number of benzene rings is 1. The number of guanidine groups is 1. The van der Waals surface area contributed by atoms with Gasteiger partial charge in [0.15, 0.2) is 5.96 Å². The third-order valence-electron chi connectivity index (χ3n) is 3.31. The summed E-state index contributed by atoms with van der Waals surface area (Å²) >= 11 is 0. The largest absolute Gasteiger partial charge is 0.444 e. The van der Waals surface area contributed by atoms with Crippen LogP contribution in [0.1, 0.15) is 26.5 Å². The monoisotopic (exact) mass is 457 g/mol. The van der Waals surface area contributed by atoms with Gasteiger partial charge in [-0.1, -0.05) is 18.2 Å².